The van der Waals surface area contributed by atoms with Crippen molar-refractivity contribution in [1.29, 1.82) is 0 Å². The first-order valence-electron chi connectivity index (χ1n) is 5.13. The van der Waals surface area contributed by atoms with Crippen molar-refractivity contribution in [2.24, 2.45) is 0 Å². The second-order valence-electron chi connectivity index (χ2n) is 3.57. The molecule has 0 aromatic heterocycles. The van der Waals surface area contributed by atoms with Crippen LogP contribution >= 0.6 is 0 Å². The molecule has 0 heterocycles. The van der Waals surface area contributed by atoms with E-state index < -0.39 is 25.0 Å². The fourth-order valence-electron chi connectivity index (χ4n) is 1.26. The molecule has 4 N–H and O–H groups in total. The van der Waals surface area contributed by atoms with Crippen molar-refractivity contribution in [1.82, 2.24) is 5.32 Å². The van der Waals surface area contributed by atoms with Gasteiger partial charge in [-0.3, -0.25) is 4.79 Å². The Balaban J connectivity index is 2.65. The number of hydrogen-bond acceptors (Lipinski definition) is 4. The van der Waals surface area contributed by atoms with E-state index in [1.54, 1.807) is 0 Å². The van der Waals surface area contributed by atoms with Crippen molar-refractivity contribution < 1.29 is 23.4 Å². The zero-order valence-corrected chi connectivity index (χ0v) is 9.69. The first-order chi connectivity index (χ1) is 8.45. The fraction of sp³-hybridized carbons (Fsp3) is 0.364. The van der Waals surface area contributed by atoms with E-state index in [4.69, 9.17) is 15.6 Å². The van der Waals surface area contributed by atoms with E-state index in [-0.39, 0.29) is 11.3 Å². The van der Waals surface area contributed by atoms with E-state index in [0.29, 0.717) is 5.75 Å². The van der Waals surface area contributed by atoms with Crippen molar-refractivity contribution in [2.45, 2.75) is 12.5 Å². The van der Waals surface area contributed by atoms with Gasteiger partial charge in [-0.15, -0.1) is 0 Å². The minimum absolute atomic E-state index is 0.203. The van der Waals surface area contributed by atoms with E-state index in [2.05, 4.69) is 5.32 Å². The van der Waals surface area contributed by atoms with Crippen LogP contribution < -0.4 is 15.8 Å². The van der Waals surface area contributed by atoms with Crippen molar-refractivity contribution >= 4 is 11.6 Å². The standard InChI is InChI=1S/C11H14F2N2O3/c1-18-9-3-2-6(4-7(9)14)11(17)15-5-8(16)10(12)13/h2-4,8,10,16H,5,14H2,1H3,(H,15,17). The fourth-order valence-corrected chi connectivity index (χ4v) is 1.26. The van der Waals surface area contributed by atoms with Crippen LogP contribution in [0.1, 0.15) is 10.4 Å². The summed E-state index contributed by atoms with van der Waals surface area (Å²) in [7, 11) is 1.43. The van der Waals surface area contributed by atoms with Gasteiger partial charge in [-0.25, -0.2) is 8.78 Å². The molecule has 0 aliphatic carbocycles. The molecule has 0 radical (unpaired) electrons. The van der Waals surface area contributed by atoms with Crippen LogP contribution in [-0.4, -0.2) is 37.2 Å². The van der Waals surface area contributed by atoms with Gasteiger partial charge in [-0.1, -0.05) is 0 Å². The molecule has 1 aromatic carbocycles. The normalized spacial score (nSPS) is 12.3. The first-order valence-corrected chi connectivity index (χ1v) is 5.13. The highest BCUT2D eigenvalue weighted by Gasteiger charge is 2.18. The maximum Gasteiger partial charge on any atom is 0.265 e. The summed E-state index contributed by atoms with van der Waals surface area (Å²) in [4.78, 5) is 11.6. The van der Waals surface area contributed by atoms with Crippen molar-refractivity contribution in [3.05, 3.63) is 23.8 Å². The van der Waals surface area contributed by atoms with E-state index in [9.17, 15) is 13.6 Å². The molecule has 0 spiro atoms. The number of alkyl halides is 2. The Bertz CT molecular complexity index is 427. The summed E-state index contributed by atoms with van der Waals surface area (Å²) < 4.78 is 28.9. The molecule has 1 aromatic rings. The third kappa shape index (κ3) is 3.56. The summed E-state index contributed by atoms with van der Waals surface area (Å²) in [5.41, 5.74) is 6.07. The lowest BCUT2D eigenvalue weighted by molar-refractivity contribution is -0.00270. The summed E-state index contributed by atoms with van der Waals surface area (Å²) in [6.45, 7) is -0.525. The van der Waals surface area contributed by atoms with Crippen LogP contribution in [-0.2, 0) is 0 Å². The van der Waals surface area contributed by atoms with Crippen molar-refractivity contribution in [3.63, 3.8) is 0 Å². The Morgan fingerprint density at radius 1 is 1.56 bits per heavy atom. The largest absolute Gasteiger partial charge is 0.495 e. The minimum Gasteiger partial charge on any atom is -0.495 e. The smallest absolute Gasteiger partial charge is 0.265 e. The van der Waals surface area contributed by atoms with Crippen molar-refractivity contribution in [2.75, 3.05) is 19.4 Å². The predicted molar refractivity (Wildman–Crippen MR) is 61.8 cm³/mol. The van der Waals surface area contributed by atoms with Gasteiger partial charge in [0, 0.05) is 12.1 Å². The summed E-state index contributed by atoms with van der Waals surface area (Å²) in [6.07, 6.45) is -4.78. The third-order valence-electron chi connectivity index (χ3n) is 2.25. The average molecular weight is 260 g/mol. The first kappa shape index (κ1) is 14.2. The predicted octanol–water partition coefficient (Wildman–Crippen LogP) is 0.633. The third-order valence-corrected chi connectivity index (χ3v) is 2.25. The van der Waals surface area contributed by atoms with Crippen LogP contribution in [0.3, 0.4) is 0 Å². The van der Waals surface area contributed by atoms with Gasteiger partial charge >= 0.3 is 0 Å². The highest BCUT2D eigenvalue weighted by molar-refractivity contribution is 5.95. The highest BCUT2D eigenvalue weighted by atomic mass is 19.3. The SMILES string of the molecule is COc1ccc(C(=O)NCC(O)C(F)F)cc1N. The van der Waals surface area contributed by atoms with Gasteiger partial charge in [0.25, 0.3) is 12.3 Å². The molecule has 0 aliphatic heterocycles. The quantitative estimate of drug-likeness (QED) is 0.678. The Labute approximate surface area is 103 Å². The molecule has 1 atom stereocenters. The molecular formula is C11H14F2N2O3. The molecule has 0 fully saturated rings. The number of methoxy groups -OCH3 is 1. The summed E-state index contributed by atoms with van der Waals surface area (Å²) in [5, 5.41) is 11.0. The van der Waals surface area contributed by atoms with E-state index in [1.165, 1.54) is 25.3 Å². The monoisotopic (exact) mass is 260 g/mol. The molecule has 1 amide bonds. The molecule has 0 saturated carbocycles. The summed E-state index contributed by atoms with van der Waals surface area (Å²) in [5.74, 6) is -0.178. The van der Waals surface area contributed by atoms with Gasteiger partial charge in [0.2, 0.25) is 0 Å². The van der Waals surface area contributed by atoms with Crippen LogP contribution in [0, 0.1) is 0 Å². The lowest BCUT2D eigenvalue weighted by atomic mass is 10.1. The minimum atomic E-state index is -2.90. The van der Waals surface area contributed by atoms with E-state index in [0.717, 1.165) is 0 Å². The zero-order valence-electron chi connectivity index (χ0n) is 9.69. The molecule has 0 saturated heterocycles. The Kier molecular flexibility index (Phi) is 4.85. The molecule has 18 heavy (non-hydrogen) atoms. The zero-order chi connectivity index (χ0) is 13.7. The number of nitrogens with one attached hydrogen (secondary N) is 1. The lowest BCUT2D eigenvalue weighted by Gasteiger charge is -2.11. The number of aliphatic hydroxyl groups excluding tert-OH is 1. The second kappa shape index (κ2) is 6.15. The van der Waals surface area contributed by atoms with Crippen LogP contribution in [0.2, 0.25) is 0 Å². The number of aliphatic hydroxyl groups is 1. The van der Waals surface area contributed by atoms with E-state index >= 15 is 0 Å². The average Bonchev–Trinajstić information content (AvgIpc) is 2.35. The lowest BCUT2D eigenvalue weighted by Crippen LogP contribution is -2.35. The number of ether oxygens (including phenoxy) is 1. The Morgan fingerprint density at radius 3 is 2.72 bits per heavy atom. The van der Waals surface area contributed by atoms with Gasteiger partial charge in [-0.2, -0.15) is 0 Å². The second-order valence-corrected chi connectivity index (χ2v) is 3.57. The number of amides is 1. The number of carbonyl (C=O) groups excluding carboxylic acids is 1. The molecule has 7 heteroatoms. The number of halogens is 2. The number of carbonyl (C=O) groups is 1. The molecule has 100 valence electrons. The van der Waals surface area contributed by atoms with Crippen LogP contribution in [0.5, 0.6) is 5.75 Å². The van der Waals surface area contributed by atoms with Gasteiger partial charge < -0.3 is 20.9 Å². The van der Waals surface area contributed by atoms with Crippen LogP contribution in [0.4, 0.5) is 14.5 Å². The van der Waals surface area contributed by atoms with E-state index in [1.807, 2.05) is 0 Å². The Morgan fingerprint density at radius 2 is 2.22 bits per heavy atom. The molecule has 0 aliphatic rings. The summed E-state index contributed by atoms with van der Waals surface area (Å²) >= 11 is 0. The topological polar surface area (TPSA) is 84.6 Å². The van der Waals surface area contributed by atoms with Gasteiger partial charge in [0.05, 0.1) is 12.8 Å². The molecule has 1 unspecified atom stereocenters. The van der Waals surface area contributed by atoms with Crippen molar-refractivity contribution in [3.8, 4) is 5.75 Å². The van der Waals surface area contributed by atoms with Gasteiger partial charge in [-0.05, 0) is 18.2 Å². The number of rotatable bonds is 5. The van der Waals surface area contributed by atoms with Crippen LogP contribution in [0.25, 0.3) is 0 Å². The highest BCUT2D eigenvalue weighted by Crippen LogP contribution is 2.21. The number of nitrogen functional groups attached to an aromatic ring is 1. The molecule has 5 nitrogen and oxygen atoms in total. The number of hydrogen-bond donors (Lipinski definition) is 3. The number of benzene rings is 1. The molecular weight excluding hydrogens is 246 g/mol. The van der Waals surface area contributed by atoms with Gasteiger partial charge in [0.1, 0.15) is 11.9 Å². The maximum absolute atomic E-state index is 12.0. The number of anilines is 1. The molecule has 0 bridgehead atoms. The summed E-state index contributed by atoms with van der Waals surface area (Å²) in [6, 6.07) is 4.30. The molecule has 1 rings (SSSR count). The maximum atomic E-state index is 12.0. The van der Waals surface area contributed by atoms with Crippen LogP contribution in [0.15, 0.2) is 18.2 Å². The Hall–Kier alpha value is -1.89. The number of nitrogens with two attached hydrogens (primary N) is 1. The van der Waals surface area contributed by atoms with Gasteiger partial charge in [0.15, 0.2) is 0 Å².